The Kier molecular flexibility index (Phi) is 4.39. The Morgan fingerprint density at radius 3 is 1.71 bits per heavy atom. The topological polar surface area (TPSA) is 3.24 Å². The maximum absolute atomic E-state index is 2.39. The Labute approximate surface area is 202 Å². The largest absolute Gasteiger partial charge is 0.310 e. The first-order valence-electron chi connectivity index (χ1n) is 11.5. The number of benzene rings is 6. The van der Waals surface area contributed by atoms with Gasteiger partial charge in [-0.2, -0.15) is 0 Å². The third kappa shape index (κ3) is 2.93. The molecule has 0 aliphatic heterocycles. The minimum Gasteiger partial charge on any atom is -0.310 e. The lowest BCUT2D eigenvalue weighted by Gasteiger charge is -2.27. The second-order valence-corrected chi connectivity index (χ2v) is 9.67. The van der Waals surface area contributed by atoms with Gasteiger partial charge in [0.1, 0.15) is 0 Å². The number of hydrogen-bond acceptors (Lipinski definition) is 2. The van der Waals surface area contributed by atoms with Crippen molar-refractivity contribution < 1.29 is 0 Å². The third-order valence-electron chi connectivity index (χ3n) is 6.62. The second-order valence-electron chi connectivity index (χ2n) is 8.58. The first-order valence-corrected chi connectivity index (χ1v) is 12.4. The smallest absolute Gasteiger partial charge is 0.0554 e. The van der Waals surface area contributed by atoms with Crippen LogP contribution in [-0.4, -0.2) is 0 Å². The zero-order valence-electron chi connectivity index (χ0n) is 18.5. The fourth-order valence-corrected chi connectivity index (χ4v) is 6.32. The predicted octanol–water partition coefficient (Wildman–Crippen LogP) is 9.83. The van der Waals surface area contributed by atoms with Crippen LogP contribution in [0, 0.1) is 0 Å². The van der Waals surface area contributed by atoms with Crippen LogP contribution in [0.3, 0.4) is 0 Å². The van der Waals surface area contributed by atoms with E-state index in [9.17, 15) is 0 Å². The Hall–Kier alpha value is -4.14. The van der Waals surface area contributed by atoms with Crippen LogP contribution in [0.2, 0.25) is 0 Å². The molecule has 0 bridgehead atoms. The van der Waals surface area contributed by atoms with Gasteiger partial charge >= 0.3 is 0 Å². The molecule has 0 aliphatic rings. The molecule has 0 spiro atoms. The van der Waals surface area contributed by atoms with Crippen molar-refractivity contribution in [2.24, 2.45) is 0 Å². The SMILES string of the molecule is c1ccc(N(c2ccccc2)c2cc3sc4ccc5ccccc5c4c3c3ccccc23)cc1. The van der Waals surface area contributed by atoms with Crippen molar-refractivity contribution in [3.8, 4) is 0 Å². The summed E-state index contributed by atoms with van der Waals surface area (Å²) in [5.41, 5.74) is 3.52. The number of nitrogens with zero attached hydrogens (tertiary/aromatic N) is 1. The van der Waals surface area contributed by atoms with E-state index in [-0.39, 0.29) is 0 Å². The van der Waals surface area contributed by atoms with Crippen molar-refractivity contribution in [1.82, 2.24) is 0 Å². The molecule has 0 atom stereocenters. The van der Waals surface area contributed by atoms with Crippen LogP contribution >= 0.6 is 11.3 Å². The quantitative estimate of drug-likeness (QED) is 0.258. The number of fused-ring (bicyclic) bond motifs is 7. The summed E-state index contributed by atoms with van der Waals surface area (Å²) in [4.78, 5) is 2.38. The van der Waals surface area contributed by atoms with Crippen molar-refractivity contribution >= 4 is 70.1 Å². The Balaban J connectivity index is 1.63. The van der Waals surface area contributed by atoms with Crippen molar-refractivity contribution in [3.05, 3.63) is 127 Å². The molecule has 1 aromatic heterocycles. The molecule has 6 aromatic carbocycles. The summed E-state index contributed by atoms with van der Waals surface area (Å²) < 4.78 is 2.65. The zero-order valence-corrected chi connectivity index (χ0v) is 19.3. The monoisotopic (exact) mass is 451 g/mol. The van der Waals surface area contributed by atoms with Crippen LogP contribution in [0.5, 0.6) is 0 Å². The highest BCUT2D eigenvalue weighted by Crippen LogP contribution is 2.47. The fourth-order valence-electron chi connectivity index (χ4n) is 5.15. The van der Waals surface area contributed by atoms with Gasteiger partial charge in [0, 0.05) is 36.9 Å². The molecule has 160 valence electrons. The average molecular weight is 452 g/mol. The highest BCUT2D eigenvalue weighted by molar-refractivity contribution is 7.26. The first kappa shape index (κ1) is 19.3. The van der Waals surface area contributed by atoms with Gasteiger partial charge in [-0.05, 0) is 52.6 Å². The van der Waals surface area contributed by atoms with Crippen LogP contribution in [0.1, 0.15) is 0 Å². The Morgan fingerprint density at radius 2 is 1.00 bits per heavy atom. The van der Waals surface area contributed by atoms with Crippen LogP contribution in [-0.2, 0) is 0 Å². The summed E-state index contributed by atoms with van der Waals surface area (Å²) in [6, 6.07) is 45.8. The van der Waals surface area contributed by atoms with E-state index in [1.807, 2.05) is 11.3 Å². The van der Waals surface area contributed by atoms with Crippen molar-refractivity contribution in [2.75, 3.05) is 4.90 Å². The van der Waals surface area contributed by atoms with Crippen molar-refractivity contribution in [3.63, 3.8) is 0 Å². The summed E-state index contributed by atoms with van der Waals surface area (Å²) in [6.45, 7) is 0. The number of rotatable bonds is 3. The van der Waals surface area contributed by atoms with Gasteiger partial charge in [-0.15, -0.1) is 11.3 Å². The van der Waals surface area contributed by atoms with E-state index in [0.717, 1.165) is 11.4 Å². The van der Waals surface area contributed by atoms with Crippen LogP contribution < -0.4 is 4.90 Å². The third-order valence-corrected chi connectivity index (χ3v) is 7.72. The molecule has 0 aliphatic carbocycles. The maximum Gasteiger partial charge on any atom is 0.0554 e. The Morgan fingerprint density at radius 1 is 0.441 bits per heavy atom. The molecule has 0 fully saturated rings. The van der Waals surface area contributed by atoms with Gasteiger partial charge in [-0.1, -0.05) is 91.0 Å². The van der Waals surface area contributed by atoms with Gasteiger partial charge in [0.2, 0.25) is 0 Å². The molecule has 0 radical (unpaired) electrons. The number of hydrogen-bond donors (Lipinski definition) is 0. The molecule has 1 heterocycles. The van der Waals surface area contributed by atoms with Gasteiger partial charge in [-0.25, -0.2) is 0 Å². The summed E-state index contributed by atoms with van der Waals surface area (Å²) in [5.74, 6) is 0. The van der Waals surface area contributed by atoms with Crippen molar-refractivity contribution in [2.45, 2.75) is 0 Å². The lowest BCUT2D eigenvalue weighted by atomic mass is 9.98. The molecule has 34 heavy (non-hydrogen) atoms. The molecule has 0 saturated carbocycles. The lowest BCUT2D eigenvalue weighted by molar-refractivity contribution is 1.30. The van der Waals surface area contributed by atoms with Crippen LogP contribution in [0.4, 0.5) is 17.1 Å². The molecule has 1 nitrogen and oxygen atoms in total. The zero-order chi connectivity index (χ0) is 22.5. The maximum atomic E-state index is 2.39. The Bertz CT molecular complexity index is 1760. The van der Waals surface area contributed by atoms with Crippen LogP contribution in [0.25, 0.3) is 41.7 Å². The summed E-state index contributed by atoms with van der Waals surface area (Å²) in [7, 11) is 0. The molecule has 7 aromatic rings. The molecule has 0 N–H and O–H groups in total. The molecule has 0 saturated heterocycles. The molecular formula is C32H21NS. The van der Waals surface area contributed by atoms with Gasteiger partial charge in [-0.3, -0.25) is 0 Å². The normalized spacial score (nSPS) is 11.5. The number of thiophene rings is 1. The van der Waals surface area contributed by atoms with Crippen molar-refractivity contribution in [1.29, 1.82) is 0 Å². The lowest BCUT2D eigenvalue weighted by Crippen LogP contribution is -2.10. The van der Waals surface area contributed by atoms with E-state index in [0.29, 0.717) is 0 Å². The summed E-state index contributed by atoms with van der Waals surface area (Å²) in [5, 5.41) is 7.90. The van der Waals surface area contributed by atoms with E-state index in [1.54, 1.807) is 0 Å². The van der Waals surface area contributed by atoms with Gasteiger partial charge in [0.05, 0.1) is 5.69 Å². The average Bonchev–Trinajstić information content (AvgIpc) is 3.29. The molecular weight excluding hydrogens is 430 g/mol. The molecule has 7 rings (SSSR count). The molecule has 2 heteroatoms. The van der Waals surface area contributed by atoms with Gasteiger partial charge < -0.3 is 4.90 Å². The standard InChI is InChI=1S/C32H21NS/c1-3-12-23(13-4-1)33(24-14-5-2-6-15-24)28-21-30-32(27-18-10-9-17-26(27)28)31-25-16-8-7-11-22(25)19-20-29(31)34-30/h1-21H. The summed E-state index contributed by atoms with van der Waals surface area (Å²) in [6.07, 6.45) is 0. The van der Waals surface area contributed by atoms with Gasteiger partial charge in [0.25, 0.3) is 0 Å². The number of para-hydroxylation sites is 2. The molecule has 0 amide bonds. The van der Waals surface area contributed by atoms with E-state index in [1.165, 1.54) is 47.4 Å². The minimum absolute atomic E-state index is 1.16. The first-order chi connectivity index (χ1) is 16.9. The molecule has 0 unspecified atom stereocenters. The van der Waals surface area contributed by atoms with E-state index in [4.69, 9.17) is 0 Å². The van der Waals surface area contributed by atoms with E-state index in [2.05, 4.69) is 132 Å². The fraction of sp³-hybridized carbons (Fsp3) is 0. The predicted molar refractivity (Wildman–Crippen MR) is 149 cm³/mol. The van der Waals surface area contributed by atoms with Gasteiger partial charge in [0.15, 0.2) is 0 Å². The van der Waals surface area contributed by atoms with E-state index >= 15 is 0 Å². The minimum atomic E-state index is 1.16. The highest BCUT2D eigenvalue weighted by atomic mass is 32.1. The number of anilines is 3. The summed E-state index contributed by atoms with van der Waals surface area (Å²) >= 11 is 1.89. The van der Waals surface area contributed by atoms with Crippen LogP contribution in [0.15, 0.2) is 127 Å². The highest BCUT2D eigenvalue weighted by Gasteiger charge is 2.19. The van der Waals surface area contributed by atoms with E-state index < -0.39 is 0 Å². The second kappa shape index (κ2) is 7.72.